The van der Waals surface area contributed by atoms with Gasteiger partial charge < -0.3 is 14.8 Å². The van der Waals surface area contributed by atoms with E-state index in [-0.39, 0.29) is 17.9 Å². The third-order valence-electron chi connectivity index (χ3n) is 3.78. The second kappa shape index (κ2) is 8.52. The Kier molecular flexibility index (Phi) is 7.32. The van der Waals surface area contributed by atoms with Gasteiger partial charge in [0.05, 0.1) is 6.61 Å². The maximum absolute atomic E-state index is 12.0. The van der Waals surface area contributed by atoms with Gasteiger partial charge in [-0.2, -0.15) is 0 Å². The summed E-state index contributed by atoms with van der Waals surface area (Å²) in [5.74, 6) is 0.0178. The summed E-state index contributed by atoms with van der Waals surface area (Å²) in [5, 5.41) is 2.94. The summed E-state index contributed by atoms with van der Waals surface area (Å²) in [5.41, 5.74) is -0.513. The van der Waals surface area contributed by atoms with Crippen LogP contribution in [-0.4, -0.2) is 54.3 Å². The van der Waals surface area contributed by atoms with Crippen LogP contribution in [0.15, 0.2) is 0 Å². The van der Waals surface area contributed by atoms with E-state index in [1.807, 2.05) is 27.7 Å². The van der Waals surface area contributed by atoms with Crippen molar-refractivity contribution < 1.29 is 19.1 Å². The van der Waals surface area contributed by atoms with Gasteiger partial charge in [0, 0.05) is 31.6 Å². The quantitative estimate of drug-likeness (QED) is 0.786. The lowest BCUT2D eigenvalue weighted by atomic mass is 9.90. The van der Waals surface area contributed by atoms with Crippen LogP contribution in [0.4, 0.5) is 4.79 Å². The van der Waals surface area contributed by atoms with Gasteiger partial charge in [0.15, 0.2) is 0 Å². The van der Waals surface area contributed by atoms with Crippen LogP contribution in [0.5, 0.6) is 0 Å². The first-order chi connectivity index (χ1) is 10.6. The SMILES string of the molecule is CCOC(=O)CC1CC(NC(=O)OC(C)(C)C)CN(C(C)C)C1. The highest BCUT2D eigenvalue weighted by Crippen LogP contribution is 2.22. The number of rotatable bonds is 5. The Balaban J connectivity index is 2.63. The average Bonchev–Trinajstić information content (AvgIpc) is 2.35. The lowest BCUT2D eigenvalue weighted by molar-refractivity contribution is -0.144. The number of alkyl carbamates (subject to hydrolysis) is 1. The molecule has 6 nitrogen and oxygen atoms in total. The minimum Gasteiger partial charge on any atom is -0.466 e. The van der Waals surface area contributed by atoms with Crippen LogP contribution in [0.1, 0.15) is 54.4 Å². The molecule has 6 heteroatoms. The van der Waals surface area contributed by atoms with Gasteiger partial charge in [-0.25, -0.2) is 4.79 Å². The number of amides is 1. The van der Waals surface area contributed by atoms with Crippen molar-refractivity contribution >= 4 is 12.1 Å². The van der Waals surface area contributed by atoms with Crippen molar-refractivity contribution in [2.75, 3.05) is 19.7 Å². The average molecular weight is 328 g/mol. The lowest BCUT2D eigenvalue weighted by Crippen LogP contribution is -2.53. The van der Waals surface area contributed by atoms with Gasteiger partial charge in [0.2, 0.25) is 0 Å². The molecule has 1 amide bonds. The van der Waals surface area contributed by atoms with Gasteiger partial charge in [-0.1, -0.05) is 0 Å². The number of ether oxygens (including phenoxy) is 2. The molecule has 0 radical (unpaired) electrons. The van der Waals surface area contributed by atoms with E-state index in [2.05, 4.69) is 24.1 Å². The molecule has 0 saturated carbocycles. The summed E-state index contributed by atoms with van der Waals surface area (Å²) in [6, 6.07) is 0.350. The zero-order chi connectivity index (χ0) is 17.6. The van der Waals surface area contributed by atoms with Crippen molar-refractivity contribution in [1.82, 2.24) is 10.2 Å². The van der Waals surface area contributed by atoms with E-state index in [0.29, 0.717) is 19.1 Å². The number of carbonyl (C=O) groups excluding carboxylic acids is 2. The highest BCUT2D eigenvalue weighted by Gasteiger charge is 2.31. The van der Waals surface area contributed by atoms with Gasteiger partial charge in [-0.15, -0.1) is 0 Å². The first-order valence-corrected chi connectivity index (χ1v) is 8.50. The van der Waals surface area contributed by atoms with Crippen molar-refractivity contribution in [1.29, 1.82) is 0 Å². The molecule has 0 aliphatic carbocycles. The van der Waals surface area contributed by atoms with E-state index >= 15 is 0 Å². The maximum Gasteiger partial charge on any atom is 0.407 e. The molecule has 1 aliphatic heterocycles. The highest BCUT2D eigenvalue weighted by molar-refractivity contribution is 5.70. The zero-order valence-electron chi connectivity index (χ0n) is 15.3. The second-order valence-corrected chi connectivity index (χ2v) is 7.50. The van der Waals surface area contributed by atoms with Gasteiger partial charge in [-0.05, 0) is 53.9 Å². The van der Waals surface area contributed by atoms with Crippen LogP contribution in [-0.2, 0) is 14.3 Å². The number of carbonyl (C=O) groups is 2. The van der Waals surface area contributed by atoms with Crippen LogP contribution in [0.3, 0.4) is 0 Å². The van der Waals surface area contributed by atoms with E-state index in [1.54, 1.807) is 0 Å². The predicted octanol–water partition coefficient (Wildman–Crippen LogP) is 2.56. The Bertz CT molecular complexity index is 404. The van der Waals surface area contributed by atoms with E-state index in [1.165, 1.54) is 0 Å². The molecule has 1 heterocycles. The Labute approximate surface area is 139 Å². The number of likely N-dealkylation sites (tertiary alicyclic amines) is 1. The Morgan fingerprint density at radius 1 is 1.26 bits per heavy atom. The summed E-state index contributed by atoms with van der Waals surface area (Å²) in [7, 11) is 0. The van der Waals surface area contributed by atoms with E-state index < -0.39 is 11.7 Å². The highest BCUT2D eigenvalue weighted by atomic mass is 16.6. The van der Waals surface area contributed by atoms with Crippen LogP contribution < -0.4 is 5.32 Å². The van der Waals surface area contributed by atoms with Crippen LogP contribution in [0.2, 0.25) is 0 Å². The molecular weight excluding hydrogens is 296 g/mol. The monoisotopic (exact) mass is 328 g/mol. The van der Waals surface area contributed by atoms with Crippen molar-refractivity contribution in [2.24, 2.45) is 5.92 Å². The van der Waals surface area contributed by atoms with Gasteiger partial charge >= 0.3 is 12.1 Å². The molecule has 134 valence electrons. The number of hydrogen-bond acceptors (Lipinski definition) is 5. The third kappa shape index (κ3) is 7.68. The molecule has 0 aromatic rings. The van der Waals surface area contributed by atoms with Crippen molar-refractivity contribution in [3.63, 3.8) is 0 Å². The summed E-state index contributed by atoms with van der Waals surface area (Å²) in [4.78, 5) is 26.0. The van der Waals surface area contributed by atoms with Gasteiger partial charge in [0.1, 0.15) is 5.60 Å². The fraction of sp³-hybridized carbons (Fsp3) is 0.882. The molecule has 2 atom stereocenters. The predicted molar refractivity (Wildman–Crippen MR) is 89.2 cm³/mol. The summed E-state index contributed by atoms with van der Waals surface area (Å²) >= 11 is 0. The Hall–Kier alpha value is -1.30. The molecule has 2 unspecified atom stereocenters. The number of nitrogens with one attached hydrogen (secondary N) is 1. The normalized spacial score (nSPS) is 22.7. The first-order valence-electron chi connectivity index (χ1n) is 8.50. The number of nitrogens with zero attached hydrogens (tertiary/aromatic N) is 1. The zero-order valence-corrected chi connectivity index (χ0v) is 15.3. The van der Waals surface area contributed by atoms with Crippen molar-refractivity contribution in [3.05, 3.63) is 0 Å². The summed E-state index contributed by atoms with van der Waals surface area (Å²) < 4.78 is 10.4. The Morgan fingerprint density at radius 2 is 1.91 bits per heavy atom. The minimum absolute atomic E-state index is 0.0135. The standard InChI is InChI=1S/C17H32N2O4/c1-7-22-15(20)9-13-8-14(11-19(10-13)12(2)3)18-16(21)23-17(4,5)6/h12-14H,7-11H2,1-6H3,(H,18,21). The summed E-state index contributed by atoms with van der Waals surface area (Å²) in [6.45, 7) is 13.6. The van der Waals surface area contributed by atoms with Gasteiger partial charge in [0.25, 0.3) is 0 Å². The van der Waals surface area contributed by atoms with Crippen molar-refractivity contribution in [3.8, 4) is 0 Å². The van der Waals surface area contributed by atoms with Gasteiger partial charge in [-0.3, -0.25) is 9.69 Å². The molecule has 1 aliphatic rings. The molecule has 1 rings (SSSR count). The lowest BCUT2D eigenvalue weighted by Gasteiger charge is -2.40. The summed E-state index contributed by atoms with van der Waals surface area (Å²) in [6.07, 6.45) is 0.758. The van der Waals surface area contributed by atoms with Crippen LogP contribution >= 0.6 is 0 Å². The molecule has 0 bridgehead atoms. The van der Waals surface area contributed by atoms with Crippen LogP contribution in [0.25, 0.3) is 0 Å². The fourth-order valence-electron chi connectivity index (χ4n) is 2.84. The molecule has 0 spiro atoms. The Morgan fingerprint density at radius 3 is 2.43 bits per heavy atom. The number of esters is 1. The molecule has 1 N–H and O–H groups in total. The van der Waals surface area contributed by atoms with Crippen molar-refractivity contribution in [2.45, 2.75) is 72.1 Å². The smallest absolute Gasteiger partial charge is 0.407 e. The van der Waals surface area contributed by atoms with Crippen LogP contribution in [0, 0.1) is 5.92 Å². The van der Waals surface area contributed by atoms with E-state index in [0.717, 1.165) is 19.5 Å². The second-order valence-electron chi connectivity index (χ2n) is 7.50. The third-order valence-corrected chi connectivity index (χ3v) is 3.78. The maximum atomic E-state index is 12.0. The molecule has 0 aromatic heterocycles. The minimum atomic E-state index is -0.513. The molecule has 1 saturated heterocycles. The molecular formula is C17H32N2O4. The number of piperidine rings is 1. The largest absolute Gasteiger partial charge is 0.466 e. The van der Waals surface area contributed by atoms with E-state index in [9.17, 15) is 9.59 Å². The molecule has 1 fully saturated rings. The van der Waals surface area contributed by atoms with E-state index in [4.69, 9.17) is 9.47 Å². The molecule has 0 aromatic carbocycles. The fourth-order valence-corrected chi connectivity index (χ4v) is 2.84. The molecule has 23 heavy (non-hydrogen) atoms. The number of hydrogen-bond donors (Lipinski definition) is 1. The topological polar surface area (TPSA) is 67.9 Å². The first kappa shape index (κ1) is 19.7.